The van der Waals surface area contributed by atoms with E-state index in [1.54, 1.807) is 0 Å². The van der Waals surface area contributed by atoms with E-state index in [1.807, 2.05) is 0 Å². The van der Waals surface area contributed by atoms with Crippen molar-refractivity contribution < 1.29 is 23.4 Å². The van der Waals surface area contributed by atoms with Crippen LogP contribution >= 0.6 is 0 Å². The van der Waals surface area contributed by atoms with Gasteiger partial charge in [-0.05, 0) is 17.7 Å². The van der Waals surface area contributed by atoms with Crippen LogP contribution in [-0.2, 0) is 6.61 Å². The van der Waals surface area contributed by atoms with Crippen molar-refractivity contribution >= 4 is 0 Å². The zero-order chi connectivity index (χ0) is 10.4. The van der Waals surface area contributed by atoms with E-state index in [4.69, 9.17) is 5.11 Å². The number of ether oxygens (including phenoxy) is 2. The minimum absolute atomic E-state index is 0.0803. The molecule has 3 nitrogen and oxygen atoms in total. The van der Waals surface area contributed by atoms with Crippen LogP contribution in [0, 0.1) is 0 Å². The zero-order valence-corrected chi connectivity index (χ0v) is 7.37. The average Bonchev–Trinajstić information content (AvgIpc) is 2.21. The van der Waals surface area contributed by atoms with Gasteiger partial charge in [0.1, 0.15) is 0 Å². The third-order valence-corrected chi connectivity index (χ3v) is 1.61. The fraction of sp³-hybridized carbons (Fsp3) is 0.333. The molecule has 1 N–H and O–H groups in total. The number of aliphatic hydroxyl groups excluding tert-OH is 1. The summed E-state index contributed by atoms with van der Waals surface area (Å²) >= 11 is 0. The lowest BCUT2D eigenvalue weighted by Crippen LogP contribution is -1.98. The first-order valence-corrected chi connectivity index (χ1v) is 3.93. The molecule has 0 radical (unpaired) electrons. The maximum atomic E-state index is 11.9. The van der Waals surface area contributed by atoms with Gasteiger partial charge in [0, 0.05) is 0 Å². The highest BCUT2D eigenvalue weighted by Gasteiger charge is 2.06. The minimum Gasteiger partial charge on any atom is -0.459 e. The standard InChI is InChI=1S/C9H10F2O3/c10-5-13-8-2-1-7(4-12)3-9(8)14-6-11/h1-3,12H,4-6H2. The Hall–Kier alpha value is -1.36. The minimum atomic E-state index is -1.03. The van der Waals surface area contributed by atoms with Crippen LogP contribution in [0.25, 0.3) is 0 Å². The highest BCUT2D eigenvalue weighted by atomic mass is 19.1. The summed E-state index contributed by atoms with van der Waals surface area (Å²) in [5, 5.41) is 8.79. The van der Waals surface area contributed by atoms with E-state index in [0.717, 1.165) is 0 Å². The Bertz CT molecular complexity index is 291. The predicted octanol–water partition coefficient (Wildman–Crippen LogP) is 1.79. The van der Waals surface area contributed by atoms with Crippen molar-refractivity contribution in [3.63, 3.8) is 0 Å². The zero-order valence-electron chi connectivity index (χ0n) is 7.37. The maximum absolute atomic E-state index is 11.9. The van der Waals surface area contributed by atoms with Crippen LogP contribution in [0.5, 0.6) is 11.5 Å². The molecule has 0 aliphatic carbocycles. The molecule has 1 aromatic carbocycles. The first-order chi connectivity index (χ1) is 6.81. The molecule has 14 heavy (non-hydrogen) atoms. The molecule has 0 aliphatic heterocycles. The third-order valence-electron chi connectivity index (χ3n) is 1.61. The van der Waals surface area contributed by atoms with Crippen LogP contribution in [0.2, 0.25) is 0 Å². The Morgan fingerprint density at radius 3 is 2.29 bits per heavy atom. The molecule has 78 valence electrons. The second-order valence-electron chi connectivity index (χ2n) is 2.45. The molecule has 0 saturated heterocycles. The summed E-state index contributed by atoms with van der Waals surface area (Å²) in [6, 6.07) is 4.34. The van der Waals surface area contributed by atoms with Crippen LogP contribution in [0.15, 0.2) is 18.2 Å². The number of aliphatic hydroxyl groups is 1. The molecule has 0 atom stereocenters. The highest BCUT2D eigenvalue weighted by molar-refractivity contribution is 5.42. The molecule has 1 rings (SSSR count). The van der Waals surface area contributed by atoms with E-state index < -0.39 is 13.7 Å². The molecule has 5 heteroatoms. The number of alkyl halides is 2. The maximum Gasteiger partial charge on any atom is 0.228 e. The number of hydrogen-bond donors (Lipinski definition) is 1. The largest absolute Gasteiger partial charge is 0.459 e. The van der Waals surface area contributed by atoms with Gasteiger partial charge in [0.2, 0.25) is 13.7 Å². The lowest BCUT2D eigenvalue weighted by molar-refractivity contribution is 0.157. The molecule has 0 aliphatic rings. The molecule has 0 spiro atoms. The van der Waals surface area contributed by atoms with Gasteiger partial charge in [-0.3, -0.25) is 0 Å². The summed E-state index contributed by atoms with van der Waals surface area (Å²) in [7, 11) is 0. The van der Waals surface area contributed by atoms with E-state index in [0.29, 0.717) is 5.56 Å². The summed E-state index contributed by atoms with van der Waals surface area (Å²) in [6.07, 6.45) is 0. The Kier molecular flexibility index (Phi) is 4.12. The summed E-state index contributed by atoms with van der Waals surface area (Å²) in [6.45, 7) is -2.24. The Balaban J connectivity index is 2.91. The van der Waals surface area contributed by atoms with E-state index in [-0.39, 0.29) is 18.1 Å². The van der Waals surface area contributed by atoms with Gasteiger partial charge >= 0.3 is 0 Å². The summed E-state index contributed by atoms with van der Waals surface area (Å²) in [5.41, 5.74) is 0.541. The van der Waals surface area contributed by atoms with Crippen LogP contribution in [0.1, 0.15) is 5.56 Å². The second-order valence-corrected chi connectivity index (χ2v) is 2.45. The van der Waals surface area contributed by atoms with Crippen LogP contribution in [-0.4, -0.2) is 18.8 Å². The van der Waals surface area contributed by atoms with Gasteiger partial charge in [0.25, 0.3) is 0 Å². The van der Waals surface area contributed by atoms with Gasteiger partial charge in [-0.25, -0.2) is 8.78 Å². The van der Waals surface area contributed by atoms with Crippen LogP contribution in [0.3, 0.4) is 0 Å². The number of rotatable bonds is 5. The quantitative estimate of drug-likeness (QED) is 0.794. The van der Waals surface area contributed by atoms with Crippen LogP contribution in [0.4, 0.5) is 8.78 Å². The number of hydrogen-bond acceptors (Lipinski definition) is 3. The molecular weight excluding hydrogens is 194 g/mol. The average molecular weight is 204 g/mol. The lowest BCUT2D eigenvalue weighted by Gasteiger charge is -2.09. The van der Waals surface area contributed by atoms with Crippen molar-refractivity contribution in [3.05, 3.63) is 23.8 Å². The second kappa shape index (κ2) is 5.39. The summed E-state index contributed by atoms with van der Waals surface area (Å²) < 4.78 is 32.9. The molecule has 0 bridgehead atoms. The van der Waals surface area contributed by atoms with Gasteiger partial charge < -0.3 is 14.6 Å². The molecule has 1 aromatic rings. The molecule has 0 heterocycles. The molecule has 0 aromatic heterocycles. The van der Waals surface area contributed by atoms with E-state index >= 15 is 0 Å². The first-order valence-electron chi connectivity index (χ1n) is 3.93. The van der Waals surface area contributed by atoms with Gasteiger partial charge in [-0.2, -0.15) is 0 Å². The number of halogens is 2. The smallest absolute Gasteiger partial charge is 0.228 e. The number of benzene rings is 1. The first kappa shape index (κ1) is 10.7. The highest BCUT2D eigenvalue weighted by Crippen LogP contribution is 2.28. The van der Waals surface area contributed by atoms with Gasteiger partial charge in [0.15, 0.2) is 11.5 Å². The van der Waals surface area contributed by atoms with Crippen molar-refractivity contribution in [2.45, 2.75) is 6.61 Å². The SMILES string of the molecule is OCc1ccc(OCF)c(OCF)c1. The van der Waals surface area contributed by atoms with Crippen LogP contribution < -0.4 is 9.47 Å². The summed E-state index contributed by atoms with van der Waals surface area (Å²) in [5.74, 6) is 0.194. The van der Waals surface area contributed by atoms with Gasteiger partial charge in [-0.1, -0.05) is 6.07 Å². The van der Waals surface area contributed by atoms with E-state index in [9.17, 15) is 8.78 Å². The topological polar surface area (TPSA) is 38.7 Å². The fourth-order valence-corrected chi connectivity index (χ4v) is 1.00. The fourth-order valence-electron chi connectivity index (χ4n) is 1.00. The Morgan fingerprint density at radius 2 is 1.71 bits per heavy atom. The van der Waals surface area contributed by atoms with Crippen molar-refractivity contribution in [1.29, 1.82) is 0 Å². The van der Waals surface area contributed by atoms with Crippen molar-refractivity contribution in [3.8, 4) is 11.5 Å². The van der Waals surface area contributed by atoms with E-state index in [2.05, 4.69) is 9.47 Å². The normalized spacial score (nSPS) is 9.93. The third kappa shape index (κ3) is 2.56. The van der Waals surface area contributed by atoms with Crippen molar-refractivity contribution in [1.82, 2.24) is 0 Å². The van der Waals surface area contributed by atoms with E-state index in [1.165, 1.54) is 18.2 Å². The predicted molar refractivity (Wildman–Crippen MR) is 45.6 cm³/mol. The molecule has 0 unspecified atom stereocenters. The van der Waals surface area contributed by atoms with Gasteiger partial charge in [-0.15, -0.1) is 0 Å². The summed E-state index contributed by atoms with van der Waals surface area (Å²) in [4.78, 5) is 0. The molecular formula is C9H10F2O3. The van der Waals surface area contributed by atoms with Gasteiger partial charge in [0.05, 0.1) is 6.61 Å². The lowest BCUT2D eigenvalue weighted by atomic mass is 10.2. The Morgan fingerprint density at radius 1 is 1.07 bits per heavy atom. The monoisotopic (exact) mass is 204 g/mol. The van der Waals surface area contributed by atoms with Crippen molar-refractivity contribution in [2.24, 2.45) is 0 Å². The Labute approximate surface area is 79.9 Å². The molecule has 0 saturated carbocycles. The molecule has 0 fully saturated rings. The molecule has 0 amide bonds. The van der Waals surface area contributed by atoms with Crippen molar-refractivity contribution in [2.75, 3.05) is 13.7 Å².